The van der Waals surface area contributed by atoms with E-state index in [2.05, 4.69) is 12.2 Å². The summed E-state index contributed by atoms with van der Waals surface area (Å²) >= 11 is 0. The zero-order valence-corrected chi connectivity index (χ0v) is 11.2. The van der Waals surface area contributed by atoms with E-state index in [9.17, 15) is 4.79 Å². The molecule has 3 nitrogen and oxygen atoms in total. The van der Waals surface area contributed by atoms with Gasteiger partial charge in [0.1, 0.15) is 0 Å². The van der Waals surface area contributed by atoms with E-state index in [1.807, 2.05) is 0 Å². The first-order valence-electron chi connectivity index (χ1n) is 6.16. The van der Waals surface area contributed by atoms with Crippen LogP contribution >= 0.6 is 12.4 Å². The maximum atomic E-state index is 11.3. The Morgan fingerprint density at radius 1 is 1.31 bits per heavy atom. The molecule has 0 radical (unpaired) electrons. The molecule has 3 N–H and O–H groups in total. The smallest absolute Gasteiger partial charge is 0.236 e. The van der Waals surface area contributed by atoms with Crippen molar-refractivity contribution >= 4 is 18.3 Å². The molecule has 0 aromatic carbocycles. The van der Waals surface area contributed by atoms with Gasteiger partial charge in [0.2, 0.25) is 5.91 Å². The number of carbonyl (C=O) groups is 1. The first-order chi connectivity index (χ1) is 7.13. The monoisotopic (exact) mass is 248 g/mol. The molecule has 0 aromatic rings. The predicted octanol–water partition coefficient (Wildman–Crippen LogP) is 2.09. The van der Waals surface area contributed by atoms with Gasteiger partial charge in [-0.1, -0.05) is 26.2 Å². The Balaban J connectivity index is 0.00000225. The minimum atomic E-state index is -0.378. The second-order valence-electron chi connectivity index (χ2n) is 4.83. The van der Waals surface area contributed by atoms with Gasteiger partial charge in [-0.05, 0) is 31.6 Å². The molecule has 0 spiro atoms. The topological polar surface area (TPSA) is 55.1 Å². The Bertz CT molecular complexity index is 201. The molecule has 1 unspecified atom stereocenters. The van der Waals surface area contributed by atoms with Crippen molar-refractivity contribution in [2.45, 2.75) is 52.0 Å². The molecule has 1 aliphatic rings. The highest BCUT2D eigenvalue weighted by Crippen LogP contribution is 2.29. The second-order valence-corrected chi connectivity index (χ2v) is 4.83. The number of amides is 1. The summed E-state index contributed by atoms with van der Waals surface area (Å²) in [5.41, 5.74) is 5.48. The molecule has 1 fully saturated rings. The van der Waals surface area contributed by atoms with Crippen molar-refractivity contribution in [3.63, 3.8) is 0 Å². The molecular weight excluding hydrogens is 224 g/mol. The van der Waals surface area contributed by atoms with Crippen LogP contribution < -0.4 is 11.1 Å². The van der Waals surface area contributed by atoms with Crippen LogP contribution in [0.3, 0.4) is 0 Å². The molecule has 0 aliphatic heterocycles. The van der Waals surface area contributed by atoms with Crippen molar-refractivity contribution in [1.29, 1.82) is 0 Å². The van der Waals surface area contributed by atoms with E-state index in [1.54, 1.807) is 6.92 Å². The van der Waals surface area contributed by atoms with Crippen LogP contribution in [-0.4, -0.2) is 18.5 Å². The fraction of sp³-hybridized carbons (Fsp3) is 0.917. The maximum absolute atomic E-state index is 11.3. The first-order valence-corrected chi connectivity index (χ1v) is 6.16. The third-order valence-corrected chi connectivity index (χ3v) is 3.52. The summed E-state index contributed by atoms with van der Waals surface area (Å²) in [6.45, 7) is 4.81. The lowest BCUT2D eigenvalue weighted by molar-refractivity contribution is -0.122. The number of nitrogens with two attached hydrogens (primary N) is 1. The van der Waals surface area contributed by atoms with Crippen molar-refractivity contribution in [3.05, 3.63) is 0 Å². The average Bonchev–Trinajstić information content (AvgIpc) is 2.26. The zero-order chi connectivity index (χ0) is 11.3. The molecule has 16 heavy (non-hydrogen) atoms. The molecule has 0 heterocycles. The highest BCUT2D eigenvalue weighted by Gasteiger charge is 2.20. The Morgan fingerprint density at radius 3 is 2.25 bits per heavy atom. The molecule has 1 atom stereocenters. The summed E-state index contributed by atoms with van der Waals surface area (Å²) in [5, 5.41) is 2.92. The van der Waals surface area contributed by atoms with Crippen LogP contribution in [0.25, 0.3) is 0 Å². The first kappa shape index (κ1) is 15.7. The Hall–Kier alpha value is -0.280. The molecular formula is C12H25ClN2O. The van der Waals surface area contributed by atoms with Crippen molar-refractivity contribution in [2.75, 3.05) is 6.54 Å². The summed E-state index contributed by atoms with van der Waals surface area (Å²) in [4.78, 5) is 11.3. The normalized spacial score (nSPS) is 26.7. The third-order valence-electron chi connectivity index (χ3n) is 3.52. The van der Waals surface area contributed by atoms with Crippen LogP contribution in [0.4, 0.5) is 0 Å². The van der Waals surface area contributed by atoms with Gasteiger partial charge < -0.3 is 11.1 Å². The molecule has 0 aromatic heterocycles. The SMILES string of the molecule is CCC1CCC(CNC(=O)C(C)N)CC1.Cl. The third kappa shape index (κ3) is 5.17. The second kappa shape index (κ2) is 7.91. The molecule has 1 amide bonds. The van der Waals surface area contributed by atoms with Gasteiger partial charge in [0.15, 0.2) is 0 Å². The molecule has 96 valence electrons. The van der Waals surface area contributed by atoms with E-state index in [-0.39, 0.29) is 24.4 Å². The molecule has 1 saturated carbocycles. The standard InChI is InChI=1S/C12H24N2O.ClH/c1-3-10-4-6-11(7-5-10)8-14-12(15)9(2)13;/h9-11H,3-8,13H2,1-2H3,(H,14,15);1H. The molecule has 0 bridgehead atoms. The number of halogens is 1. The fourth-order valence-electron chi connectivity index (χ4n) is 2.25. The summed E-state index contributed by atoms with van der Waals surface area (Å²) in [7, 11) is 0. The summed E-state index contributed by atoms with van der Waals surface area (Å²) < 4.78 is 0. The van der Waals surface area contributed by atoms with E-state index in [0.717, 1.165) is 12.5 Å². The minimum Gasteiger partial charge on any atom is -0.354 e. The van der Waals surface area contributed by atoms with Gasteiger partial charge in [0.05, 0.1) is 6.04 Å². The number of nitrogens with one attached hydrogen (secondary N) is 1. The van der Waals surface area contributed by atoms with Gasteiger partial charge in [-0.3, -0.25) is 4.79 Å². The van der Waals surface area contributed by atoms with E-state index >= 15 is 0 Å². The number of rotatable bonds is 4. The van der Waals surface area contributed by atoms with Crippen molar-refractivity contribution in [3.8, 4) is 0 Å². The highest BCUT2D eigenvalue weighted by molar-refractivity contribution is 5.85. The maximum Gasteiger partial charge on any atom is 0.236 e. The average molecular weight is 249 g/mol. The van der Waals surface area contributed by atoms with E-state index in [0.29, 0.717) is 5.92 Å². The van der Waals surface area contributed by atoms with Crippen LogP contribution in [-0.2, 0) is 4.79 Å². The summed E-state index contributed by atoms with van der Waals surface area (Å²) in [5.74, 6) is 1.58. The van der Waals surface area contributed by atoms with E-state index in [1.165, 1.54) is 32.1 Å². The largest absolute Gasteiger partial charge is 0.354 e. The van der Waals surface area contributed by atoms with E-state index in [4.69, 9.17) is 5.73 Å². The lowest BCUT2D eigenvalue weighted by atomic mass is 9.81. The predicted molar refractivity (Wildman–Crippen MR) is 69.6 cm³/mol. The van der Waals surface area contributed by atoms with Gasteiger partial charge in [0.25, 0.3) is 0 Å². The van der Waals surface area contributed by atoms with Gasteiger partial charge in [-0.15, -0.1) is 12.4 Å². The summed E-state index contributed by atoms with van der Waals surface area (Å²) in [6, 6.07) is -0.378. The fourth-order valence-corrected chi connectivity index (χ4v) is 2.25. The van der Waals surface area contributed by atoms with Gasteiger partial charge in [-0.25, -0.2) is 0 Å². The van der Waals surface area contributed by atoms with Crippen LogP contribution in [0.15, 0.2) is 0 Å². The van der Waals surface area contributed by atoms with Crippen molar-refractivity contribution < 1.29 is 4.79 Å². The lowest BCUT2D eigenvalue weighted by Crippen LogP contribution is -2.41. The number of hydrogen-bond acceptors (Lipinski definition) is 2. The Kier molecular flexibility index (Phi) is 7.77. The molecule has 1 rings (SSSR count). The lowest BCUT2D eigenvalue weighted by Gasteiger charge is -2.28. The van der Waals surface area contributed by atoms with Crippen molar-refractivity contribution in [2.24, 2.45) is 17.6 Å². The zero-order valence-electron chi connectivity index (χ0n) is 10.4. The molecule has 4 heteroatoms. The van der Waals surface area contributed by atoms with Gasteiger partial charge in [0, 0.05) is 6.54 Å². The van der Waals surface area contributed by atoms with Crippen molar-refractivity contribution in [1.82, 2.24) is 5.32 Å². The van der Waals surface area contributed by atoms with Gasteiger partial charge >= 0.3 is 0 Å². The van der Waals surface area contributed by atoms with Crippen LogP contribution in [0.1, 0.15) is 46.0 Å². The Labute approximate surface area is 105 Å². The van der Waals surface area contributed by atoms with E-state index < -0.39 is 0 Å². The quantitative estimate of drug-likeness (QED) is 0.801. The van der Waals surface area contributed by atoms with Gasteiger partial charge in [-0.2, -0.15) is 0 Å². The number of hydrogen-bond donors (Lipinski definition) is 2. The molecule has 0 saturated heterocycles. The number of carbonyl (C=O) groups excluding carboxylic acids is 1. The Morgan fingerprint density at radius 2 is 1.81 bits per heavy atom. The van der Waals surface area contributed by atoms with Crippen LogP contribution in [0.2, 0.25) is 0 Å². The highest BCUT2D eigenvalue weighted by atomic mass is 35.5. The minimum absolute atomic E-state index is 0. The molecule has 1 aliphatic carbocycles. The van der Waals surface area contributed by atoms with Crippen LogP contribution in [0.5, 0.6) is 0 Å². The van der Waals surface area contributed by atoms with Crippen LogP contribution in [0, 0.1) is 11.8 Å². The summed E-state index contributed by atoms with van der Waals surface area (Å²) in [6.07, 6.45) is 6.48.